The van der Waals surface area contributed by atoms with E-state index >= 15 is 0 Å². The molecule has 0 heterocycles. The van der Waals surface area contributed by atoms with Crippen LogP contribution < -0.4 is 15.1 Å². The minimum atomic E-state index is -1.13. The van der Waals surface area contributed by atoms with Gasteiger partial charge in [-0.2, -0.15) is 0 Å². The van der Waals surface area contributed by atoms with Gasteiger partial charge < -0.3 is 14.7 Å². The van der Waals surface area contributed by atoms with Gasteiger partial charge in [0.2, 0.25) is 0 Å². The molecular formula is C18H15O3P. The highest BCUT2D eigenvalue weighted by atomic mass is 31.1. The van der Waals surface area contributed by atoms with Gasteiger partial charge >= 0.3 is 0 Å². The van der Waals surface area contributed by atoms with Gasteiger partial charge in [0.05, 0.1) is 0 Å². The standard InChI is InChI=1S/C18H15O3P/c19-14-11-12-17(20)18(13-14)21-22(15-7-3-1-4-8-15)16-9-5-2-6-10-16/h1-13,19-20H. The Morgan fingerprint density at radius 1 is 0.682 bits per heavy atom. The summed E-state index contributed by atoms with van der Waals surface area (Å²) in [6.07, 6.45) is 0. The monoisotopic (exact) mass is 310 g/mol. The summed E-state index contributed by atoms with van der Waals surface area (Å²) in [5.74, 6) is 0.347. The van der Waals surface area contributed by atoms with Gasteiger partial charge in [-0.05, 0) is 12.1 Å². The second-order valence-corrected chi connectivity index (χ2v) is 6.51. The Kier molecular flexibility index (Phi) is 4.27. The summed E-state index contributed by atoms with van der Waals surface area (Å²) in [5, 5.41) is 21.6. The van der Waals surface area contributed by atoms with Crippen molar-refractivity contribution in [2.45, 2.75) is 0 Å². The number of benzene rings is 3. The molecule has 4 heteroatoms. The van der Waals surface area contributed by atoms with E-state index in [2.05, 4.69) is 0 Å². The van der Waals surface area contributed by atoms with Crippen LogP contribution in [0.4, 0.5) is 0 Å². The molecule has 0 unspecified atom stereocenters. The van der Waals surface area contributed by atoms with Crippen LogP contribution in [0.2, 0.25) is 0 Å². The van der Waals surface area contributed by atoms with Crippen molar-refractivity contribution in [3.63, 3.8) is 0 Å². The van der Waals surface area contributed by atoms with E-state index in [0.717, 1.165) is 10.6 Å². The van der Waals surface area contributed by atoms with Gasteiger partial charge in [-0.15, -0.1) is 0 Å². The van der Waals surface area contributed by atoms with Crippen LogP contribution >= 0.6 is 8.15 Å². The van der Waals surface area contributed by atoms with Crippen LogP contribution in [0, 0.1) is 0 Å². The van der Waals surface area contributed by atoms with Crippen LogP contribution in [0.25, 0.3) is 0 Å². The van der Waals surface area contributed by atoms with E-state index in [4.69, 9.17) is 4.52 Å². The highest BCUT2D eigenvalue weighted by molar-refractivity contribution is 7.68. The van der Waals surface area contributed by atoms with Gasteiger partial charge in [-0.3, -0.25) is 0 Å². The smallest absolute Gasteiger partial charge is 0.169 e. The van der Waals surface area contributed by atoms with Crippen LogP contribution in [0.3, 0.4) is 0 Å². The summed E-state index contributed by atoms with van der Waals surface area (Å²) in [4.78, 5) is 0. The van der Waals surface area contributed by atoms with Gasteiger partial charge in [0.15, 0.2) is 19.6 Å². The van der Waals surface area contributed by atoms with E-state index < -0.39 is 8.15 Å². The van der Waals surface area contributed by atoms with Gasteiger partial charge in [-0.25, -0.2) is 0 Å². The lowest BCUT2D eigenvalue weighted by Crippen LogP contribution is -2.15. The normalized spacial score (nSPS) is 10.6. The molecule has 0 spiro atoms. The summed E-state index contributed by atoms with van der Waals surface area (Å²) in [7, 11) is -1.13. The van der Waals surface area contributed by atoms with E-state index in [-0.39, 0.29) is 17.2 Å². The molecule has 0 aromatic heterocycles. The average molecular weight is 310 g/mol. The molecule has 3 rings (SSSR count). The number of rotatable bonds is 4. The maximum atomic E-state index is 9.95. The van der Waals surface area contributed by atoms with Gasteiger partial charge in [0.1, 0.15) is 5.75 Å². The Labute approximate surface area is 130 Å². The van der Waals surface area contributed by atoms with Gasteiger partial charge in [0, 0.05) is 16.7 Å². The number of hydrogen-bond donors (Lipinski definition) is 2. The molecule has 22 heavy (non-hydrogen) atoms. The second-order valence-electron chi connectivity index (χ2n) is 4.71. The predicted molar refractivity (Wildman–Crippen MR) is 89.5 cm³/mol. The van der Waals surface area contributed by atoms with Crippen molar-refractivity contribution in [1.82, 2.24) is 0 Å². The molecule has 3 aromatic rings. The lowest BCUT2D eigenvalue weighted by atomic mass is 10.3. The van der Waals surface area contributed by atoms with Gasteiger partial charge in [-0.1, -0.05) is 60.7 Å². The van der Waals surface area contributed by atoms with Crippen molar-refractivity contribution in [2.75, 3.05) is 0 Å². The van der Waals surface area contributed by atoms with Crippen molar-refractivity contribution < 1.29 is 14.7 Å². The fourth-order valence-electron chi connectivity index (χ4n) is 2.06. The predicted octanol–water partition coefficient (Wildman–Crippen LogP) is 3.52. The fourth-order valence-corrected chi connectivity index (χ4v) is 3.79. The summed E-state index contributed by atoms with van der Waals surface area (Å²) in [6, 6.07) is 24.0. The van der Waals surface area contributed by atoms with Crippen LogP contribution in [0.15, 0.2) is 78.9 Å². The van der Waals surface area contributed by atoms with Crippen LogP contribution in [-0.4, -0.2) is 10.2 Å². The van der Waals surface area contributed by atoms with Crippen molar-refractivity contribution in [3.8, 4) is 17.2 Å². The third-order valence-electron chi connectivity index (χ3n) is 3.11. The quantitative estimate of drug-likeness (QED) is 0.572. The fraction of sp³-hybridized carbons (Fsp3) is 0. The third kappa shape index (κ3) is 3.21. The highest BCUT2D eigenvalue weighted by Crippen LogP contribution is 2.41. The molecule has 3 aromatic carbocycles. The second kappa shape index (κ2) is 6.50. The molecule has 0 aliphatic carbocycles. The van der Waals surface area contributed by atoms with Crippen LogP contribution in [0.1, 0.15) is 0 Å². The molecule has 2 N–H and O–H groups in total. The first-order valence-electron chi connectivity index (χ1n) is 6.84. The zero-order valence-electron chi connectivity index (χ0n) is 11.8. The lowest BCUT2D eigenvalue weighted by Gasteiger charge is -2.20. The molecule has 0 fully saturated rings. The van der Waals surface area contributed by atoms with E-state index in [1.54, 1.807) is 0 Å². The van der Waals surface area contributed by atoms with Gasteiger partial charge in [0.25, 0.3) is 0 Å². The maximum Gasteiger partial charge on any atom is 0.169 e. The molecule has 110 valence electrons. The molecule has 0 amide bonds. The number of hydrogen-bond acceptors (Lipinski definition) is 3. The Hall–Kier alpha value is -2.51. The molecule has 0 saturated carbocycles. The molecule has 0 atom stereocenters. The zero-order valence-corrected chi connectivity index (χ0v) is 12.6. The van der Waals surface area contributed by atoms with Crippen molar-refractivity contribution in [2.24, 2.45) is 0 Å². The van der Waals surface area contributed by atoms with E-state index in [0.29, 0.717) is 0 Å². The van der Waals surface area contributed by atoms with Crippen molar-refractivity contribution in [3.05, 3.63) is 78.9 Å². The molecule has 0 radical (unpaired) electrons. The average Bonchev–Trinajstić information content (AvgIpc) is 2.57. The number of phenolic OH excluding ortho intramolecular Hbond substituents is 2. The first kappa shape index (κ1) is 14.4. The van der Waals surface area contributed by atoms with Crippen molar-refractivity contribution in [1.29, 1.82) is 0 Å². The first-order chi connectivity index (χ1) is 10.7. The topological polar surface area (TPSA) is 49.7 Å². The SMILES string of the molecule is Oc1ccc(O)c(OP(c2ccccc2)c2ccccc2)c1. The van der Waals surface area contributed by atoms with Crippen LogP contribution in [-0.2, 0) is 0 Å². The summed E-state index contributed by atoms with van der Waals surface area (Å²) >= 11 is 0. The number of aromatic hydroxyl groups is 2. The van der Waals surface area contributed by atoms with E-state index in [1.165, 1.54) is 18.2 Å². The minimum absolute atomic E-state index is 0.0113. The summed E-state index contributed by atoms with van der Waals surface area (Å²) in [6.45, 7) is 0. The zero-order chi connectivity index (χ0) is 15.4. The highest BCUT2D eigenvalue weighted by Gasteiger charge is 2.18. The molecule has 0 bridgehead atoms. The Bertz CT molecular complexity index is 705. The summed E-state index contributed by atoms with van der Waals surface area (Å²) < 4.78 is 6.05. The number of phenols is 2. The minimum Gasteiger partial charge on any atom is -0.508 e. The Morgan fingerprint density at radius 3 is 1.77 bits per heavy atom. The summed E-state index contributed by atoms with van der Waals surface area (Å²) in [5.41, 5.74) is 0. The van der Waals surface area contributed by atoms with E-state index in [1.807, 2.05) is 60.7 Å². The molecular weight excluding hydrogens is 295 g/mol. The maximum absolute atomic E-state index is 9.95. The molecule has 0 aliphatic rings. The third-order valence-corrected chi connectivity index (χ3v) is 5.03. The molecule has 3 nitrogen and oxygen atoms in total. The Balaban J connectivity index is 2.01. The molecule has 0 aliphatic heterocycles. The molecule has 0 saturated heterocycles. The first-order valence-corrected chi connectivity index (χ1v) is 8.10. The van der Waals surface area contributed by atoms with Crippen LogP contribution in [0.5, 0.6) is 17.2 Å². The van der Waals surface area contributed by atoms with E-state index in [9.17, 15) is 10.2 Å². The largest absolute Gasteiger partial charge is 0.508 e. The lowest BCUT2D eigenvalue weighted by molar-refractivity contribution is 0.437. The van der Waals surface area contributed by atoms with Crippen molar-refractivity contribution >= 4 is 18.8 Å². The Morgan fingerprint density at radius 2 is 1.23 bits per heavy atom.